The number of imide groups is 1. The normalized spacial score (nSPS) is 17.0. The molecule has 0 spiro atoms. The lowest BCUT2D eigenvalue weighted by Crippen LogP contribution is -2.32. The highest BCUT2D eigenvalue weighted by molar-refractivity contribution is 6.35. The van der Waals surface area contributed by atoms with Crippen molar-refractivity contribution in [2.45, 2.75) is 19.9 Å². The van der Waals surface area contributed by atoms with Crippen molar-refractivity contribution in [3.8, 4) is 0 Å². The van der Waals surface area contributed by atoms with E-state index in [1.54, 1.807) is 45.2 Å². The van der Waals surface area contributed by atoms with Gasteiger partial charge in [-0.15, -0.1) is 0 Å². The number of rotatable bonds is 3. The van der Waals surface area contributed by atoms with E-state index in [0.29, 0.717) is 11.4 Å². The summed E-state index contributed by atoms with van der Waals surface area (Å²) in [6.45, 7) is 3.34. The van der Waals surface area contributed by atoms with Gasteiger partial charge in [-0.2, -0.15) is 5.10 Å². The van der Waals surface area contributed by atoms with Crippen molar-refractivity contribution in [1.29, 1.82) is 0 Å². The fourth-order valence-electron chi connectivity index (χ4n) is 2.52. The molecule has 0 saturated carbocycles. The van der Waals surface area contributed by atoms with Crippen LogP contribution in [0.25, 0.3) is 0 Å². The molecule has 8 nitrogen and oxygen atoms in total. The molecule has 1 atom stereocenters. The van der Waals surface area contributed by atoms with Crippen LogP contribution in [-0.2, 0) is 11.8 Å². The number of hydrogen-bond donors (Lipinski definition) is 2. The first-order chi connectivity index (χ1) is 11.8. The van der Waals surface area contributed by atoms with E-state index < -0.39 is 23.9 Å². The van der Waals surface area contributed by atoms with Crippen LogP contribution in [0.5, 0.6) is 0 Å². The first-order valence-electron chi connectivity index (χ1n) is 7.55. The minimum atomic E-state index is -0.621. The molecule has 9 heteroatoms. The number of urea groups is 1. The number of para-hydroxylation sites is 2. The first-order valence-corrected chi connectivity index (χ1v) is 7.93. The number of benzene rings is 1. The van der Waals surface area contributed by atoms with Gasteiger partial charge in [0.1, 0.15) is 6.04 Å². The van der Waals surface area contributed by atoms with Gasteiger partial charge in [0.2, 0.25) is 0 Å². The topological polar surface area (TPSA) is 96.3 Å². The molecule has 1 unspecified atom stereocenters. The third-order valence-electron chi connectivity index (χ3n) is 4.00. The summed E-state index contributed by atoms with van der Waals surface area (Å²) in [7, 11) is 1.68. The van der Waals surface area contributed by atoms with Gasteiger partial charge < -0.3 is 10.6 Å². The lowest BCUT2D eigenvalue weighted by atomic mass is 10.2. The Kier molecular flexibility index (Phi) is 4.22. The minimum absolute atomic E-state index is 0.0713. The Bertz CT molecular complexity index is 892. The zero-order valence-corrected chi connectivity index (χ0v) is 14.6. The number of hydrogen-bond acceptors (Lipinski definition) is 4. The maximum Gasteiger partial charge on any atom is 0.329 e. The van der Waals surface area contributed by atoms with Gasteiger partial charge in [-0.25, -0.2) is 9.69 Å². The molecule has 130 valence electrons. The number of amides is 4. The lowest BCUT2D eigenvalue weighted by molar-refractivity contribution is -0.117. The van der Waals surface area contributed by atoms with E-state index in [4.69, 9.17) is 11.6 Å². The molecule has 2 aromatic rings. The van der Waals surface area contributed by atoms with E-state index in [0.717, 1.165) is 4.90 Å². The highest BCUT2D eigenvalue weighted by Crippen LogP contribution is 2.29. The Morgan fingerprint density at radius 3 is 2.56 bits per heavy atom. The molecule has 1 saturated heterocycles. The van der Waals surface area contributed by atoms with E-state index in [9.17, 15) is 14.4 Å². The van der Waals surface area contributed by atoms with Gasteiger partial charge in [-0.05, 0) is 26.0 Å². The number of carbonyl (C=O) groups excluding carboxylic acids is 3. The third-order valence-corrected chi connectivity index (χ3v) is 4.46. The zero-order chi connectivity index (χ0) is 18.3. The van der Waals surface area contributed by atoms with E-state index >= 15 is 0 Å². The average Bonchev–Trinajstić information content (AvgIpc) is 2.98. The quantitative estimate of drug-likeness (QED) is 0.818. The summed E-state index contributed by atoms with van der Waals surface area (Å²) in [5.41, 5.74) is 1.32. The van der Waals surface area contributed by atoms with E-state index in [1.807, 2.05) is 0 Å². The minimum Gasteiger partial charge on any atom is -0.326 e. The smallest absolute Gasteiger partial charge is 0.326 e. The van der Waals surface area contributed by atoms with Crippen LogP contribution in [0, 0.1) is 6.92 Å². The van der Waals surface area contributed by atoms with Crippen molar-refractivity contribution in [3.05, 3.63) is 40.7 Å². The summed E-state index contributed by atoms with van der Waals surface area (Å²) >= 11 is 6.13. The monoisotopic (exact) mass is 361 g/mol. The molecular formula is C16H16ClN5O3. The van der Waals surface area contributed by atoms with Gasteiger partial charge in [-0.3, -0.25) is 14.3 Å². The molecular weight excluding hydrogens is 346 g/mol. The molecule has 0 radical (unpaired) electrons. The zero-order valence-electron chi connectivity index (χ0n) is 13.8. The predicted octanol–water partition coefficient (Wildman–Crippen LogP) is 2.08. The number of carbonyl (C=O) groups is 3. The van der Waals surface area contributed by atoms with Crippen molar-refractivity contribution in [1.82, 2.24) is 15.1 Å². The average molecular weight is 362 g/mol. The fourth-order valence-corrected chi connectivity index (χ4v) is 2.76. The van der Waals surface area contributed by atoms with Crippen LogP contribution in [0.1, 0.15) is 23.1 Å². The molecule has 0 aliphatic carbocycles. The molecule has 1 aliphatic heterocycles. The van der Waals surface area contributed by atoms with Crippen LogP contribution in [0.4, 0.5) is 16.2 Å². The van der Waals surface area contributed by atoms with Crippen molar-refractivity contribution in [2.75, 3.05) is 10.2 Å². The number of aromatic nitrogens is 2. The first kappa shape index (κ1) is 17.0. The van der Waals surface area contributed by atoms with Gasteiger partial charge in [-0.1, -0.05) is 23.7 Å². The largest absolute Gasteiger partial charge is 0.329 e. The molecule has 2 N–H and O–H groups in total. The summed E-state index contributed by atoms with van der Waals surface area (Å²) in [6.07, 6.45) is 0. The maximum absolute atomic E-state index is 12.5. The van der Waals surface area contributed by atoms with Crippen LogP contribution >= 0.6 is 11.6 Å². The van der Waals surface area contributed by atoms with Gasteiger partial charge >= 0.3 is 6.03 Å². The number of nitrogens with zero attached hydrogens (tertiary/aromatic N) is 3. The number of aryl methyl sites for hydroxylation is 1. The summed E-state index contributed by atoms with van der Waals surface area (Å²) in [6, 6.07) is 5.38. The number of anilines is 2. The van der Waals surface area contributed by atoms with Crippen molar-refractivity contribution in [2.24, 2.45) is 7.05 Å². The van der Waals surface area contributed by atoms with Crippen LogP contribution in [0.2, 0.25) is 5.02 Å². The summed E-state index contributed by atoms with van der Waals surface area (Å²) in [5.74, 6) is -0.917. The Labute approximate surface area is 148 Å². The summed E-state index contributed by atoms with van der Waals surface area (Å²) in [5, 5.41) is 9.54. The molecule has 4 amide bonds. The van der Waals surface area contributed by atoms with Crippen LogP contribution in [0.15, 0.2) is 24.3 Å². The summed E-state index contributed by atoms with van der Waals surface area (Å²) in [4.78, 5) is 37.8. The van der Waals surface area contributed by atoms with Crippen molar-refractivity contribution < 1.29 is 14.4 Å². The highest BCUT2D eigenvalue weighted by Gasteiger charge is 2.37. The Morgan fingerprint density at radius 1 is 1.32 bits per heavy atom. The van der Waals surface area contributed by atoms with Crippen molar-refractivity contribution >= 4 is 40.8 Å². The second-order valence-corrected chi connectivity index (χ2v) is 6.07. The lowest BCUT2D eigenvalue weighted by Gasteiger charge is -2.17. The Hall–Kier alpha value is -2.87. The highest BCUT2D eigenvalue weighted by atomic mass is 35.5. The van der Waals surface area contributed by atoms with E-state index in [1.165, 1.54) is 4.68 Å². The number of nitrogens with one attached hydrogen (secondary N) is 2. The predicted molar refractivity (Wildman–Crippen MR) is 92.8 cm³/mol. The van der Waals surface area contributed by atoms with E-state index in [2.05, 4.69) is 15.7 Å². The summed E-state index contributed by atoms with van der Waals surface area (Å²) < 4.78 is 1.50. The number of halogens is 1. The maximum atomic E-state index is 12.5. The molecule has 2 heterocycles. The van der Waals surface area contributed by atoms with Gasteiger partial charge in [0, 0.05) is 7.05 Å². The molecule has 0 bridgehead atoms. The van der Waals surface area contributed by atoms with E-state index in [-0.39, 0.29) is 16.4 Å². The van der Waals surface area contributed by atoms with Crippen LogP contribution in [-0.4, -0.2) is 33.7 Å². The second kappa shape index (κ2) is 6.21. The third kappa shape index (κ3) is 2.85. The fraction of sp³-hybridized carbons (Fsp3) is 0.250. The van der Waals surface area contributed by atoms with Gasteiger partial charge in [0.15, 0.2) is 5.69 Å². The van der Waals surface area contributed by atoms with Crippen LogP contribution in [0.3, 0.4) is 0 Å². The van der Waals surface area contributed by atoms with Crippen molar-refractivity contribution in [3.63, 3.8) is 0 Å². The molecule has 1 fully saturated rings. The standard InChI is InChI=1S/C16H16ClN5O3/c1-8-15(24)22(16(25)18-8)11-7-5-4-6-10(11)19-14(23)13-12(17)9(2)21(3)20-13/h4-8H,1-3H3,(H,18,25)(H,19,23). The second-order valence-electron chi connectivity index (χ2n) is 5.69. The van der Waals surface area contributed by atoms with Crippen LogP contribution < -0.4 is 15.5 Å². The molecule has 3 rings (SSSR count). The molecule has 1 aromatic carbocycles. The van der Waals surface area contributed by atoms with Gasteiger partial charge in [0.05, 0.1) is 22.1 Å². The molecule has 25 heavy (non-hydrogen) atoms. The van der Waals surface area contributed by atoms with Gasteiger partial charge in [0.25, 0.3) is 11.8 Å². The SMILES string of the molecule is Cc1c(Cl)c(C(=O)Nc2ccccc2N2C(=O)NC(C)C2=O)nn1C. The Balaban J connectivity index is 1.94. The Morgan fingerprint density at radius 2 is 2.00 bits per heavy atom. The molecule has 1 aliphatic rings. The molecule has 1 aromatic heterocycles.